The summed E-state index contributed by atoms with van der Waals surface area (Å²) < 4.78 is 11.1. The first kappa shape index (κ1) is 18.5. The molecule has 1 unspecified atom stereocenters. The van der Waals surface area contributed by atoms with Gasteiger partial charge in [0.05, 0.1) is 31.6 Å². The molecule has 2 fully saturated rings. The number of anilines is 1. The van der Waals surface area contributed by atoms with Crippen molar-refractivity contribution < 1.29 is 14.6 Å². The predicted molar refractivity (Wildman–Crippen MR) is 99.5 cm³/mol. The minimum Gasteiger partial charge on any atom is -0.492 e. The minimum absolute atomic E-state index is 0.291. The number of rotatable bonds is 7. The summed E-state index contributed by atoms with van der Waals surface area (Å²) in [6.07, 6.45) is -0.291. The molecule has 140 valence electrons. The molecule has 2 heterocycles. The number of para-hydroxylation sites is 2. The van der Waals surface area contributed by atoms with Crippen molar-refractivity contribution in [3.8, 4) is 5.75 Å². The van der Waals surface area contributed by atoms with E-state index < -0.39 is 0 Å². The molecule has 1 N–H and O–H groups in total. The van der Waals surface area contributed by atoms with Crippen molar-refractivity contribution in [2.24, 2.45) is 0 Å². The van der Waals surface area contributed by atoms with Gasteiger partial charge in [0.15, 0.2) is 0 Å². The lowest BCUT2D eigenvalue weighted by molar-refractivity contribution is 0.00655. The summed E-state index contributed by atoms with van der Waals surface area (Å²) in [6, 6.07) is 8.26. The SMILES string of the molecule is CCOc1ccccc1N1CCN(CC(O)CN2CCOCC2)CC1. The molecule has 6 heteroatoms. The average Bonchev–Trinajstić information content (AvgIpc) is 2.64. The Morgan fingerprint density at radius 2 is 1.64 bits per heavy atom. The van der Waals surface area contributed by atoms with Crippen molar-refractivity contribution in [1.82, 2.24) is 9.80 Å². The van der Waals surface area contributed by atoms with Crippen LogP contribution in [0.3, 0.4) is 0 Å². The smallest absolute Gasteiger partial charge is 0.142 e. The van der Waals surface area contributed by atoms with E-state index in [2.05, 4.69) is 26.8 Å². The van der Waals surface area contributed by atoms with Gasteiger partial charge in [-0.05, 0) is 19.1 Å². The second-order valence-corrected chi connectivity index (χ2v) is 6.76. The van der Waals surface area contributed by atoms with Crippen LogP contribution in [0.2, 0.25) is 0 Å². The van der Waals surface area contributed by atoms with Crippen molar-refractivity contribution in [1.29, 1.82) is 0 Å². The second-order valence-electron chi connectivity index (χ2n) is 6.76. The molecule has 2 aliphatic heterocycles. The lowest BCUT2D eigenvalue weighted by Crippen LogP contribution is -2.51. The molecular formula is C19H31N3O3. The number of hydrogen-bond donors (Lipinski definition) is 1. The van der Waals surface area contributed by atoms with Gasteiger partial charge >= 0.3 is 0 Å². The molecule has 25 heavy (non-hydrogen) atoms. The van der Waals surface area contributed by atoms with E-state index in [9.17, 15) is 5.11 Å². The number of aliphatic hydroxyl groups excluding tert-OH is 1. The fourth-order valence-corrected chi connectivity index (χ4v) is 3.60. The maximum atomic E-state index is 10.4. The van der Waals surface area contributed by atoms with Crippen LogP contribution in [-0.4, -0.2) is 93.2 Å². The summed E-state index contributed by atoms with van der Waals surface area (Å²) in [5.41, 5.74) is 1.18. The predicted octanol–water partition coefficient (Wildman–Crippen LogP) is 0.900. The number of morpholine rings is 1. The van der Waals surface area contributed by atoms with E-state index in [1.165, 1.54) is 5.69 Å². The van der Waals surface area contributed by atoms with Gasteiger partial charge in [-0.15, -0.1) is 0 Å². The van der Waals surface area contributed by atoms with E-state index >= 15 is 0 Å². The van der Waals surface area contributed by atoms with Crippen LogP contribution in [-0.2, 0) is 4.74 Å². The number of ether oxygens (including phenoxy) is 2. The van der Waals surface area contributed by atoms with E-state index in [-0.39, 0.29) is 6.10 Å². The molecule has 2 saturated heterocycles. The van der Waals surface area contributed by atoms with Gasteiger partial charge < -0.3 is 19.5 Å². The Labute approximate surface area is 150 Å². The lowest BCUT2D eigenvalue weighted by atomic mass is 10.2. The Kier molecular flexibility index (Phi) is 6.93. The van der Waals surface area contributed by atoms with Crippen molar-refractivity contribution in [2.45, 2.75) is 13.0 Å². The van der Waals surface area contributed by atoms with Crippen molar-refractivity contribution in [3.63, 3.8) is 0 Å². The number of hydrogen-bond acceptors (Lipinski definition) is 6. The zero-order chi connectivity index (χ0) is 17.5. The zero-order valence-corrected chi connectivity index (χ0v) is 15.3. The summed E-state index contributed by atoms with van der Waals surface area (Å²) in [6.45, 7) is 11.5. The van der Waals surface area contributed by atoms with Gasteiger partial charge in [-0.2, -0.15) is 0 Å². The van der Waals surface area contributed by atoms with Gasteiger partial charge in [-0.1, -0.05) is 12.1 Å². The molecular weight excluding hydrogens is 318 g/mol. The highest BCUT2D eigenvalue weighted by Crippen LogP contribution is 2.28. The van der Waals surface area contributed by atoms with Gasteiger partial charge in [-0.3, -0.25) is 9.80 Å². The van der Waals surface area contributed by atoms with Gasteiger partial charge in [0, 0.05) is 52.4 Å². The third-order valence-corrected chi connectivity index (χ3v) is 4.92. The van der Waals surface area contributed by atoms with Crippen LogP contribution < -0.4 is 9.64 Å². The van der Waals surface area contributed by atoms with Gasteiger partial charge in [0.1, 0.15) is 5.75 Å². The number of aliphatic hydroxyl groups is 1. The normalized spacial score (nSPS) is 21.3. The van der Waals surface area contributed by atoms with Crippen LogP contribution >= 0.6 is 0 Å². The molecule has 0 radical (unpaired) electrons. The standard InChI is InChI=1S/C19H31N3O3/c1-2-25-19-6-4-3-5-18(19)22-9-7-20(8-10-22)15-17(23)16-21-11-13-24-14-12-21/h3-6,17,23H,2,7-16H2,1H3. The van der Waals surface area contributed by atoms with E-state index in [0.29, 0.717) is 6.61 Å². The third-order valence-electron chi connectivity index (χ3n) is 4.92. The topological polar surface area (TPSA) is 48.4 Å². The van der Waals surface area contributed by atoms with Gasteiger partial charge in [-0.25, -0.2) is 0 Å². The molecule has 1 aromatic carbocycles. The molecule has 1 atom stereocenters. The maximum absolute atomic E-state index is 10.4. The number of piperazine rings is 1. The first-order valence-electron chi connectivity index (χ1n) is 9.43. The molecule has 0 aliphatic carbocycles. The number of nitrogens with zero attached hydrogens (tertiary/aromatic N) is 3. The summed E-state index contributed by atoms with van der Waals surface area (Å²) in [5, 5.41) is 10.4. The Morgan fingerprint density at radius 1 is 1.00 bits per heavy atom. The minimum atomic E-state index is -0.291. The average molecular weight is 349 g/mol. The zero-order valence-electron chi connectivity index (χ0n) is 15.3. The molecule has 1 aromatic rings. The molecule has 0 saturated carbocycles. The maximum Gasteiger partial charge on any atom is 0.142 e. The van der Waals surface area contributed by atoms with Crippen molar-refractivity contribution in [3.05, 3.63) is 24.3 Å². The monoisotopic (exact) mass is 349 g/mol. The van der Waals surface area contributed by atoms with Crippen LogP contribution in [0.15, 0.2) is 24.3 Å². The summed E-state index contributed by atoms with van der Waals surface area (Å²) in [7, 11) is 0. The molecule has 0 aromatic heterocycles. The summed E-state index contributed by atoms with van der Waals surface area (Å²) >= 11 is 0. The Hall–Kier alpha value is -1.34. The molecule has 0 amide bonds. The van der Waals surface area contributed by atoms with Crippen LogP contribution in [0.5, 0.6) is 5.75 Å². The first-order chi connectivity index (χ1) is 12.3. The number of benzene rings is 1. The lowest BCUT2D eigenvalue weighted by Gasteiger charge is -2.38. The van der Waals surface area contributed by atoms with E-state index in [0.717, 1.165) is 71.3 Å². The highest BCUT2D eigenvalue weighted by molar-refractivity contribution is 5.58. The Bertz CT molecular complexity index is 514. The van der Waals surface area contributed by atoms with Crippen LogP contribution in [0, 0.1) is 0 Å². The first-order valence-corrected chi connectivity index (χ1v) is 9.43. The second kappa shape index (κ2) is 9.38. The van der Waals surface area contributed by atoms with E-state index in [1.54, 1.807) is 0 Å². The van der Waals surface area contributed by atoms with Crippen LogP contribution in [0.1, 0.15) is 6.92 Å². The third kappa shape index (κ3) is 5.31. The highest BCUT2D eigenvalue weighted by Gasteiger charge is 2.22. The molecule has 0 bridgehead atoms. The van der Waals surface area contributed by atoms with E-state index in [4.69, 9.17) is 9.47 Å². The fourth-order valence-electron chi connectivity index (χ4n) is 3.60. The van der Waals surface area contributed by atoms with Crippen molar-refractivity contribution in [2.75, 3.05) is 77.1 Å². The largest absolute Gasteiger partial charge is 0.492 e. The summed E-state index contributed by atoms with van der Waals surface area (Å²) in [5.74, 6) is 0.964. The molecule has 0 spiro atoms. The van der Waals surface area contributed by atoms with E-state index in [1.807, 2.05) is 19.1 Å². The Morgan fingerprint density at radius 3 is 2.32 bits per heavy atom. The van der Waals surface area contributed by atoms with Crippen LogP contribution in [0.4, 0.5) is 5.69 Å². The van der Waals surface area contributed by atoms with Crippen molar-refractivity contribution >= 4 is 5.69 Å². The Balaban J connectivity index is 1.45. The fraction of sp³-hybridized carbons (Fsp3) is 0.684. The number of β-amino-alcohol motifs (C(OH)–C–C–N with tert-alkyl or cyclic N) is 1. The highest BCUT2D eigenvalue weighted by atomic mass is 16.5. The molecule has 2 aliphatic rings. The molecule has 6 nitrogen and oxygen atoms in total. The van der Waals surface area contributed by atoms with Crippen LogP contribution in [0.25, 0.3) is 0 Å². The molecule has 3 rings (SSSR count). The summed E-state index contributed by atoms with van der Waals surface area (Å²) in [4.78, 5) is 7.05. The quantitative estimate of drug-likeness (QED) is 0.789. The van der Waals surface area contributed by atoms with Gasteiger partial charge in [0.2, 0.25) is 0 Å². The van der Waals surface area contributed by atoms with Gasteiger partial charge in [0.25, 0.3) is 0 Å².